The molecule has 5 aromatic carbocycles. The maximum atomic E-state index is 14.2. The molecule has 6 aromatic rings. The van der Waals surface area contributed by atoms with Gasteiger partial charge in [0.2, 0.25) is 0 Å². The van der Waals surface area contributed by atoms with Crippen molar-refractivity contribution in [3.8, 4) is 0 Å². The van der Waals surface area contributed by atoms with Crippen molar-refractivity contribution in [2.45, 2.75) is 61.8 Å². The molecule has 0 aliphatic heterocycles. The summed E-state index contributed by atoms with van der Waals surface area (Å²) in [6.07, 6.45) is -49.1. The average molecular weight is 1080 g/mol. The standard InChI is InChI=1S/C32H12BF24.C12H12ClN2/c34-25(35,36)13-1-14(26(37,38)39)6-21(5-13)33(22-7-15(27(40,41)42)2-16(8-22)28(43,44)45,23-9-17(29(46,47)48)3-18(10-23)30(49,50)51)24-11-19(31(52,53)54)4-20(12-24)32(55,56)57;13-8-12-10-15(7-6-14-12)9-11-4-2-1-3-5-11/h1-12H;1-7,10H,8-9H2/q-1;+1. The zero-order chi connectivity index (χ0) is 54.4. The minimum Gasteiger partial charge on any atom is -0.248 e. The number of hydrogen-bond acceptors (Lipinski definition) is 1. The molecule has 0 aliphatic carbocycles. The van der Waals surface area contributed by atoms with Gasteiger partial charge < -0.3 is 0 Å². The lowest BCUT2D eigenvalue weighted by Gasteiger charge is -2.46. The summed E-state index contributed by atoms with van der Waals surface area (Å²) in [6.45, 7) is 0.854. The van der Waals surface area contributed by atoms with E-state index in [1.807, 2.05) is 30.6 Å². The molecule has 0 atom stereocenters. The van der Waals surface area contributed by atoms with E-state index < -0.39 is 195 Å². The summed E-state index contributed by atoms with van der Waals surface area (Å²) in [5.41, 5.74) is -28.0. The first-order valence-corrected chi connectivity index (χ1v) is 20.0. The van der Waals surface area contributed by atoms with Crippen LogP contribution in [-0.4, -0.2) is 11.1 Å². The number of benzene rings is 5. The zero-order valence-corrected chi connectivity index (χ0v) is 35.6. The second-order valence-electron chi connectivity index (χ2n) is 15.6. The third kappa shape index (κ3) is 13.3. The molecule has 0 amide bonds. The van der Waals surface area contributed by atoms with E-state index in [1.165, 1.54) is 5.56 Å². The smallest absolute Gasteiger partial charge is 0.248 e. The van der Waals surface area contributed by atoms with Crippen LogP contribution in [0.15, 0.2) is 122 Å². The lowest BCUT2D eigenvalue weighted by Crippen LogP contribution is -2.75. The number of nitrogens with zero attached hydrogens (tertiary/aromatic N) is 2. The Morgan fingerprint density at radius 3 is 0.847 bits per heavy atom. The highest BCUT2D eigenvalue weighted by Crippen LogP contribution is 2.41. The van der Waals surface area contributed by atoms with Gasteiger partial charge in [0.05, 0.1) is 56.6 Å². The molecule has 1 aromatic heterocycles. The molecule has 0 bridgehead atoms. The van der Waals surface area contributed by atoms with Crippen molar-refractivity contribution in [2.24, 2.45) is 0 Å². The fraction of sp³-hybridized carbons (Fsp3) is 0.227. The molecular weight excluding hydrogens is 1060 g/mol. The molecule has 0 saturated carbocycles. The van der Waals surface area contributed by atoms with Gasteiger partial charge in [0.15, 0.2) is 18.9 Å². The molecule has 0 unspecified atom stereocenters. The minimum atomic E-state index is -6.13. The molecule has 0 spiro atoms. The monoisotopic (exact) mass is 1080 g/mol. The minimum absolute atomic E-state index is 0.454. The third-order valence-electron chi connectivity index (χ3n) is 10.6. The van der Waals surface area contributed by atoms with Gasteiger partial charge in [-0.3, -0.25) is 0 Å². The van der Waals surface area contributed by atoms with Crippen molar-refractivity contribution < 1.29 is 110 Å². The summed E-state index contributed by atoms with van der Waals surface area (Å²) >= 11 is 5.73. The van der Waals surface area contributed by atoms with Crippen molar-refractivity contribution in [1.82, 2.24) is 4.98 Å². The zero-order valence-electron chi connectivity index (χ0n) is 34.9. The maximum Gasteiger partial charge on any atom is 0.416 e. The molecule has 0 N–H and O–H groups in total. The van der Waals surface area contributed by atoms with Gasteiger partial charge in [-0.05, 0) is 24.3 Å². The molecule has 0 saturated heterocycles. The van der Waals surface area contributed by atoms with E-state index in [-0.39, 0.29) is 0 Å². The Kier molecular flexibility index (Phi) is 15.5. The van der Waals surface area contributed by atoms with Crippen LogP contribution in [0.4, 0.5) is 105 Å². The second kappa shape index (κ2) is 19.7. The summed E-state index contributed by atoms with van der Waals surface area (Å²) in [5.74, 6) is 0.454. The summed E-state index contributed by atoms with van der Waals surface area (Å²) in [7, 11) is 0. The van der Waals surface area contributed by atoms with Crippen LogP contribution in [-0.2, 0) is 61.8 Å². The van der Waals surface area contributed by atoms with Gasteiger partial charge in [-0.2, -0.15) is 132 Å². The summed E-state index contributed by atoms with van der Waals surface area (Å²) in [4.78, 5) is 4.15. The van der Waals surface area contributed by atoms with Gasteiger partial charge in [-0.1, -0.05) is 78.9 Å². The summed E-state index contributed by atoms with van der Waals surface area (Å²) in [6, 6.07) is 1.50. The Labute approximate surface area is 393 Å². The molecule has 0 radical (unpaired) electrons. The quantitative estimate of drug-likeness (QED) is 0.0674. The first-order valence-electron chi connectivity index (χ1n) is 19.4. The van der Waals surface area contributed by atoms with Crippen LogP contribution in [0, 0.1) is 0 Å². The molecule has 6 rings (SSSR count). The molecule has 388 valence electrons. The van der Waals surface area contributed by atoms with Crippen LogP contribution in [0.5, 0.6) is 0 Å². The highest BCUT2D eigenvalue weighted by atomic mass is 35.5. The van der Waals surface area contributed by atoms with Gasteiger partial charge in [0.1, 0.15) is 11.8 Å². The fourth-order valence-corrected chi connectivity index (χ4v) is 7.65. The SMILES string of the molecule is ClCc1c[n+](Cc2ccccc2)ccn1.FC(F)(F)c1cc([B-](c2cc(C(F)(F)F)cc(C(F)(F)F)c2)(c2cc(C(F)(F)F)cc(C(F)(F)F)c2)c2cc(C(F)(F)F)cc(C(F)(F)F)c2)cc(C(F)(F)F)c1. The number of hydrogen-bond donors (Lipinski definition) is 0. The maximum absolute atomic E-state index is 14.2. The van der Waals surface area contributed by atoms with Crippen LogP contribution in [0.1, 0.15) is 55.8 Å². The number of rotatable bonds is 7. The van der Waals surface area contributed by atoms with E-state index in [4.69, 9.17) is 11.6 Å². The van der Waals surface area contributed by atoms with E-state index in [0.29, 0.717) is 5.88 Å². The van der Waals surface area contributed by atoms with Gasteiger partial charge in [-0.15, -0.1) is 11.6 Å². The molecule has 0 aliphatic rings. The third-order valence-corrected chi connectivity index (χ3v) is 10.9. The first kappa shape index (κ1) is 56.8. The lowest BCUT2D eigenvalue weighted by molar-refractivity contribution is -0.689. The number of aromatic nitrogens is 2. The fourth-order valence-electron chi connectivity index (χ4n) is 7.51. The second-order valence-corrected chi connectivity index (χ2v) is 15.8. The lowest BCUT2D eigenvalue weighted by atomic mass is 9.12. The molecule has 0 fully saturated rings. The van der Waals surface area contributed by atoms with Crippen molar-refractivity contribution in [3.05, 3.63) is 177 Å². The highest BCUT2D eigenvalue weighted by molar-refractivity contribution is 7.20. The van der Waals surface area contributed by atoms with Crippen LogP contribution in [0.3, 0.4) is 0 Å². The van der Waals surface area contributed by atoms with E-state index in [2.05, 4.69) is 21.7 Å². The van der Waals surface area contributed by atoms with Crippen molar-refractivity contribution in [1.29, 1.82) is 0 Å². The van der Waals surface area contributed by atoms with E-state index in [9.17, 15) is 105 Å². The molecular formula is C44H24BClF24N2. The molecule has 1 heterocycles. The van der Waals surface area contributed by atoms with Crippen molar-refractivity contribution >= 4 is 39.6 Å². The van der Waals surface area contributed by atoms with Crippen molar-refractivity contribution in [2.75, 3.05) is 0 Å². The van der Waals surface area contributed by atoms with E-state index >= 15 is 0 Å². The van der Waals surface area contributed by atoms with Gasteiger partial charge in [0.25, 0.3) is 0 Å². The summed E-state index contributed by atoms with van der Waals surface area (Å²) in [5, 5.41) is 0. The Morgan fingerprint density at radius 1 is 0.375 bits per heavy atom. The van der Waals surface area contributed by atoms with E-state index in [0.717, 1.165) is 12.2 Å². The van der Waals surface area contributed by atoms with Crippen LogP contribution < -0.4 is 26.4 Å². The number of alkyl halides is 25. The molecule has 2 nitrogen and oxygen atoms in total. The predicted octanol–water partition coefficient (Wildman–Crippen LogP) is 13.4. The van der Waals surface area contributed by atoms with Crippen LogP contribution >= 0.6 is 11.6 Å². The largest absolute Gasteiger partial charge is 0.416 e. The predicted molar refractivity (Wildman–Crippen MR) is 210 cm³/mol. The van der Waals surface area contributed by atoms with Gasteiger partial charge in [0, 0.05) is 5.56 Å². The van der Waals surface area contributed by atoms with Crippen LogP contribution in [0.25, 0.3) is 0 Å². The Hall–Kier alpha value is -6.15. The highest BCUT2D eigenvalue weighted by Gasteiger charge is 2.47. The Bertz CT molecular complexity index is 2440. The van der Waals surface area contributed by atoms with Gasteiger partial charge in [-0.25, -0.2) is 4.98 Å². The number of halogens is 25. The topological polar surface area (TPSA) is 16.8 Å². The average Bonchev–Trinajstić information content (AvgIpc) is 3.24. The molecule has 28 heteroatoms. The van der Waals surface area contributed by atoms with Gasteiger partial charge >= 0.3 is 49.4 Å². The first-order chi connectivity index (χ1) is 32.6. The van der Waals surface area contributed by atoms with E-state index in [1.54, 1.807) is 6.20 Å². The summed E-state index contributed by atoms with van der Waals surface area (Å²) < 4.78 is 343. The van der Waals surface area contributed by atoms with Crippen molar-refractivity contribution in [3.63, 3.8) is 0 Å². The normalized spacial score (nSPS) is 13.5. The molecule has 72 heavy (non-hydrogen) atoms. The Balaban J connectivity index is 0.000000542. The Morgan fingerprint density at radius 2 is 0.625 bits per heavy atom. The van der Waals surface area contributed by atoms with Crippen LogP contribution in [0.2, 0.25) is 0 Å².